The Morgan fingerprint density at radius 2 is 2.04 bits per heavy atom. The van der Waals surface area contributed by atoms with Crippen LogP contribution in [-0.4, -0.2) is 45.9 Å². The molecule has 0 unspecified atom stereocenters. The van der Waals surface area contributed by atoms with Gasteiger partial charge in [0.05, 0.1) is 11.7 Å². The van der Waals surface area contributed by atoms with Crippen LogP contribution in [0.15, 0.2) is 42.7 Å². The number of nitrogens with zero attached hydrogens (tertiary/aromatic N) is 3. The van der Waals surface area contributed by atoms with Crippen LogP contribution in [0.1, 0.15) is 25.7 Å². The molecule has 1 saturated heterocycles. The fourth-order valence-electron chi connectivity index (χ4n) is 3.22. The number of benzene rings is 1. The molecule has 140 valence electrons. The minimum atomic E-state index is -4.15. The number of carbonyl (C=O) groups excluding carboxylic acids is 1. The van der Waals surface area contributed by atoms with Gasteiger partial charge in [0.15, 0.2) is 0 Å². The Hall–Kier alpha value is -2.35. The number of hydrogen-bond donors (Lipinski definition) is 1. The lowest BCUT2D eigenvalue weighted by atomic mass is 10.2. The summed E-state index contributed by atoms with van der Waals surface area (Å²) in [7, 11) is 0. The first-order valence-electron chi connectivity index (χ1n) is 8.64. The lowest BCUT2D eigenvalue weighted by Crippen LogP contribution is -2.40. The first kappa shape index (κ1) is 18.4. The molecule has 2 heterocycles. The van der Waals surface area contributed by atoms with E-state index in [0.717, 1.165) is 12.1 Å². The topological polar surface area (TPSA) is 50.2 Å². The molecule has 1 N–H and O–H groups in total. The van der Waals surface area contributed by atoms with Gasteiger partial charge in [0, 0.05) is 24.5 Å². The van der Waals surface area contributed by atoms with Gasteiger partial charge in [-0.1, -0.05) is 0 Å². The minimum Gasteiger partial charge on any atom is -0.325 e. The predicted molar refractivity (Wildman–Crippen MR) is 92.1 cm³/mol. The molecule has 0 radical (unpaired) electrons. The Kier molecular flexibility index (Phi) is 5.61. The van der Waals surface area contributed by atoms with E-state index in [9.17, 15) is 18.0 Å². The maximum atomic E-state index is 12.5. The van der Waals surface area contributed by atoms with Crippen LogP contribution in [0.4, 0.5) is 18.9 Å². The highest BCUT2D eigenvalue weighted by molar-refractivity contribution is 5.95. The number of rotatable bonds is 6. The normalized spacial score (nSPS) is 18.2. The average Bonchev–Trinajstić information content (AvgIpc) is 3.26. The van der Waals surface area contributed by atoms with Gasteiger partial charge in [-0.2, -0.15) is 18.3 Å². The summed E-state index contributed by atoms with van der Waals surface area (Å²) in [6.45, 7) is 0.948. The van der Waals surface area contributed by atoms with Crippen LogP contribution in [0.2, 0.25) is 0 Å². The van der Waals surface area contributed by atoms with E-state index in [1.54, 1.807) is 23.0 Å². The number of carbonyl (C=O) groups is 1. The lowest BCUT2D eigenvalue weighted by Gasteiger charge is -2.23. The number of aromatic nitrogens is 2. The molecule has 2 aromatic rings. The molecule has 0 bridgehead atoms. The monoisotopic (exact) mass is 366 g/mol. The summed E-state index contributed by atoms with van der Waals surface area (Å²) in [6.07, 6.45) is 0.0615. The molecule has 26 heavy (non-hydrogen) atoms. The number of nitrogens with one attached hydrogen (secondary N) is 1. The fourth-order valence-corrected chi connectivity index (χ4v) is 3.22. The lowest BCUT2D eigenvalue weighted by molar-refractivity contribution is -0.136. The standard InChI is InChI=1S/C18H21F3N4O/c19-18(20,21)9-2-12-24-11-1-4-16(24)17(26)23-14-5-7-15(8-6-14)25-13-3-10-22-25/h3,5-8,10,13,16H,1-2,4,9,11-12H2,(H,23,26)/t16-/m0/s1. The third kappa shape index (κ3) is 4.85. The van der Waals surface area contributed by atoms with Gasteiger partial charge in [0.2, 0.25) is 5.91 Å². The third-order valence-electron chi connectivity index (χ3n) is 4.48. The van der Waals surface area contributed by atoms with Crippen LogP contribution in [0.25, 0.3) is 5.69 Å². The minimum absolute atomic E-state index is 0.0197. The summed E-state index contributed by atoms with van der Waals surface area (Å²) < 4.78 is 38.6. The molecule has 1 aliphatic rings. The van der Waals surface area contributed by atoms with Gasteiger partial charge in [-0.25, -0.2) is 4.68 Å². The Balaban J connectivity index is 1.55. The van der Waals surface area contributed by atoms with Crippen molar-refractivity contribution in [3.05, 3.63) is 42.7 Å². The number of likely N-dealkylation sites (tertiary alicyclic amines) is 1. The van der Waals surface area contributed by atoms with Gasteiger partial charge in [0.1, 0.15) is 0 Å². The van der Waals surface area contributed by atoms with Crippen LogP contribution >= 0.6 is 0 Å². The second kappa shape index (κ2) is 7.90. The molecular weight excluding hydrogens is 345 g/mol. The summed E-state index contributed by atoms with van der Waals surface area (Å²) in [4.78, 5) is 14.4. The fraction of sp³-hybridized carbons (Fsp3) is 0.444. The van der Waals surface area contributed by atoms with Crippen LogP contribution in [0.3, 0.4) is 0 Å². The van der Waals surface area contributed by atoms with Gasteiger partial charge >= 0.3 is 6.18 Å². The van der Waals surface area contributed by atoms with Gasteiger partial charge in [-0.15, -0.1) is 0 Å². The highest BCUT2D eigenvalue weighted by atomic mass is 19.4. The number of halogens is 3. The molecule has 1 fully saturated rings. The summed E-state index contributed by atoms with van der Waals surface area (Å²) in [5, 5.41) is 7.00. The van der Waals surface area contributed by atoms with Crippen molar-refractivity contribution in [2.24, 2.45) is 0 Å². The van der Waals surface area contributed by atoms with Gasteiger partial charge < -0.3 is 5.32 Å². The number of alkyl halides is 3. The highest BCUT2D eigenvalue weighted by Crippen LogP contribution is 2.24. The van der Waals surface area contributed by atoms with Crippen LogP contribution in [-0.2, 0) is 4.79 Å². The highest BCUT2D eigenvalue weighted by Gasteiger charge is 2.32. The SMILES string of the molecule is O=C(Nc1ccc(-n2cccn2)cc1)[C@@H]1CCCN1CCCC(F)(F)F. The van der Waals surface area contributed by atoms with E-state index in [1.807, 2.05) is 29.3 Å². The van der Waals surface area contributed by atoms with Crippen LogP contribution in [0.5, 0.6) is 0 Å². The molecule has 0 saturated carbocycles. The van der Waals surface area contributed by atoms with Gasteiger partial charge in [-0.05, 0) is 62.7 Å². The quantitative estimate of drug-likeness (QED) is 0.850. The zero-order valence-corrected chi connectivity index (χ0v) is 14.2. The molecule has 1 atom stereocenters. The molecule has 1 amide bonds. The zero-order valence-electron chi connectivity index (χ0n) is 14.2. The number of amides is 1. The predicted octanol–water partition coefficient (Wildman–Crippen LogP) is 3.62. The van der Waals surface area contributed by atoms with Crippen molar-refractivity contribution in [2.45, 2.75) is 37.9 Å². The second-order valence-corrected chi connectivity index (χ2v) is 6.40. The number of anilines is 1. The average molecular weight is 366 g/mol. The third-order valence-corrected chi connectivity index (χ3v) is 4.48. The van der Waals surface area contributed by atoms with E-state index in [-0.39, 0.29) is 24.9 Å². The van der Waals surface area contributed by atoms with Crippen molar-refractivity contribution in [2.75, 3.05) is 18.4 Å². The molecule has 1 aromatic carbocycles. The Labute approximate surface area is 149 Å². The summed E-state index contributed by atoms with van der Waals surface area (Å²) >= 11 is 0. The second-order valence-electron chi connectivity index (χ2n) is 6.40. The largest absolute Gasteiger partial charge is 0.389 e. The van der Waals surface area contributed by atoms with Gasteiger partial charge in [-0.3, -0.25) is 9.69 Å². The zero-order chi connectivity index (χ0) is 18.6. The first-order valence-corrected chi connectivity index (χ1v) is 8.64. The van der Waals surface area contributed by atoms with Gasteiger partial charge in [0.25, 0.3) is 0 Å². The maximum Gasteiger partial charge on any atom is 0.389 e. The molecule has 1 aromatic heterocycles. The van der Waals surface area contributed by atoms with Crippen LogP contribution < -0.4 is 5.32 Å². The summed E-state index contributed by atoms with van der Waals surface area (Å²) in [5.41, 5.74) is 1.54. The molecular formula is C18H21F3N4O. The Bertz CT molecular complexity index is 713. The van der Waals surface area contributed by atoms with Crippen molar-refractivity contribution in [3.63, 3.8) is 0 Å². The molecule has 5 nitrogen and oxygen atoms in total. The van der Waals surface area contributed by atoms with E-state index < -0.39 is 12.6 Å². The van der Waals surface area contributed by atoms with Crippen molar-refractivity contribution in [1.29, 1.82) is 0 Å². The molecule has 8 heteroatoms. The van der Waals surface area contributed by atoms with Crippen molar-refractivity contribution < 1.29 is 18.0 Å². The Morgan fingerprint density at radius 3 is 2.69 bits per heavy atom. The van der Waals surface area contributed by atoms with Crippen LogP contribution in [0, 0.1) is 0 Å². The summed E-state index contributed by atoms with van der Waals surface area (Å²) in [6, 6.07) is 8.73. The van der Waals surface area contributed by atoms with Crippen molar-refractivity contribution in [1.82, 2.24) is 14.7 Å². The first-order chi connectivity index (χ1) is 12.4. The van der Waals surface area contributed by atoms with E-state index >= 15 is 0 Å². The maximum absolute atomic E-state index is 12.5. The Morgan fingerprint density at radius 1 is 1.27 bits per heavy atom. The summed E-state index contributed by atoms with van der Waals surface area (Å²) in [5.74, 6) is -0.165. The van der Waals surface area contributed by atoms with Crippen molar-refractivity contribution >= 4 is 11.6 Å². The molecule has 3 rings (SSSR count). The van der Waals surface area contributed by atoms with E-state index in [2.05, 4.69) is 10.4 Å². The van der Waals surface area contributed by atoms with E-state index in [0.29, 0.717) is 18.7 Å². The molecule has 1 aliphatic heterocycles. The van der Waals surface area contributed by atoms with E-state index in [1.165, 1.54) is 0 Å². The molecule has 0 spiro atoms. The van der Waals surface area contributed by atoms with E-state index in [4.69, 9.17) is 0 Å². The molecule has 0 aliphatic carbocycles. The number of hydrogen-bond acceptors (Lipinski definition) is 3. The van der Waals surface area contributed by atoms with Crippen molar-refractivity contribution in [3.8, 4) is 5.69 Å². The smallest absolute Gasteiger partial charge is 0.325 e.